The lowest BCUT2D eigenvalue weighted by molar-refractivity contribution is -0.121. The summed E-state index contributed by atoms with van der Waals surface area (Å²) in [6, 6.07) is 7.17. The van der Waals surface area contributed by atoms with Crippen LogP contribution in [0.15, 0.2) is 24.3 Å². The molecule has 0 radical (unpaired) electrons. The number of rotatable bonds is 6. The number of nitrogens with one attached hydrogen (secondary N) is 2. The van der Waals surface area contributed by atoms with Crippen molar-refractivity contribution >= 4 is 23.3 Å². The fraction of sp³-hybridized carbons (Fsp3) is 0.385. The van der Waals surface area contributed by atoms with Gasteiger partial charge in [0.15, 0.2) is 0 Å². The van der Waals surface area contributed by atoms with Crippen LogP contribution in [0.25, 0.3) is 0 Å². The Morgan fingerprint density at radius 2 is 1.89 bits per heavy atom. The Labute approximate surface area is 112 Å². The van der Waals surface area contributed by atoms with Gasteiger partial charge in [-0.2, -0.15) is 0 Å². The van der Waals surface area contributed by atoms with E-state index >= 15 is 0 Å². The molecule has 18 heavy (non-hydrogen) atoms. The molecule has 1 amide bonds. The van der Waals surface area contributed by atoms with Crippen molar-refractivity contribution in [2.24, 2.45) is 0 Å². The van der Waals surface area contributed by atoms with Crippen LogP contribution in [0.5, 0.6) is 0 Å². The van der Waals surface area contributed by atoms with Gasteiger partial charge in [-0.3, -0.25) is 9.59 Å². The molecule has 0 aliphatic heterocycles. The lowest BCUT2D eigenvalue weighted by atomic mass is 9.95. The highest BCUT2D eigenvalue weighted by Crippen LogP contribution is 2.18. The fourth-order valence-electron chi connectivity index (χ4n) is 1.61. The SMILES string of the molecule is CNC(=O)CNC[C@@H](C(C)=O)c1ccc(Cl)cc1. The number of carbonyl (C=O) groups excluding carboxylic acids is 2. The van der Waals surface area contributed by atoms with E-state index in [-0.39, 0.29) is 24.2 Å². The van der Waals surface area contributed by atoms with Crippen molar-refractivity contribution < 1.29 is 9.59 Å². The molecule has 98 valence electrons. The zero-order valence-electron chi connectivity index (χ0n) is 10.5. The second kappa shape index (κ2) is 7.13. The highest BCUT2D eigenvalue weighted by molar-refractivity contribution is 6.30. The number of halogens is 1. The van der Waals surface area contributed by atoms with E-state index in [9.17, 15) is 9.59 Å². The summed E-state index contributed by atoms with van der Waals surface area (Å²) < 4.78 is 0. The highest BCUT2D eigenvalue weighted by atomic mass is 35.5. The molecule has 1 aromatic rings. The van der Waals surface area contributed by atoms with Crippen LogP contribution < -0.4 is 10.6 Å². The number of hydrogen-bond acceptors (Lipinski definition) is 3. The number of carbonyl (C=O) groups is 2. The maximum atomic E-state index is 11.6. The molecule has 0 aliphatic carbocycles. The van der Waals surface area contributed by atoms with Crippen LogP contribution >= 0.6 is 11.6 Å². The number of Topliss-reactive ketones (excluding diaryl/α,β-unsaturated/α-hetero) is 1. The van der Waals surface area contributed by atoms with Gasteiger partial charge in [0.2, 0.25) is 5.91 Å². The number of amides is 1. The molecule has 0 fully saturated rings. The van der Waals surface area contributed by atoms with Gasteiger partial charge in [-0.05, 0) is 24.6 Å². The van der Waals surface area contributed by atoms with Gasteiger partial charge in [-0.1, -0.05) is 23.7 Å². The smallest absolute Gasteiger partial charge is 0.233 e. The van der Waals surface area contributed by atoms with Gasteiger partial charge in [-0.25, -0.2) is 0 Å². The van der Waals surface area contributed by atoms with Crippen LogP contribution in [-0.2, 0) is 9.59 Å². The van der Waals surface area contributed by atoms with Gasteiger partial charge in [-0.15, -0.1) is 0 Å². The molecule has 1 rings (SSSR count). The average molecular weight is 269 g/mol. The minimum Gasteiger partial charge on any atom is -0.358 e. The molecule has 0 bridgehead atoms. The van der Waals surface area contributed by atoms with Gasteiger partial charge < -0.3 is 10.6 Å². The summed E-state index contributed by atoms with van der Waals surface area (Å²) >= 11 is 5.81. The first kappa shape index (κ1) is 14.7. The summed E-state index contributed by atoms with van der Waals surface area (Å²) in [5, 5.41) is 6.11. The Bertz CT molecular complexity index is 418. The van der Waals surface area contributed by atoms with Crippen molar-refractivity contribution in [3.63, 3.8) is 0 Å². The van der Waals surface area contributed by atoms with E-state index in [4.69, 9.17) is 11.6 Å². The molecule has 4 nitrogen and oxygen atoms in total. The van der Waals surface area contributed by atoms with Crippen LogP contribution in [0, 0.1) is 0 Å². The first-order valence-electron chi connectivity index (χ1n) is 5.71. The van der Waals surface area contributed by atoms with Crippen LogP contribution in [0.4, 0.5) is 0 Å². The van der Waals surface area contributed by atoms with Gasteiger partial charge >= 0.3 is 0 Å². The van der Waals surface area contributed by atoms with Crippen LogP contribution in [0.1, 0.15) is 18.4 Å². The van der Waals surface area contributed by atoms with Crippen molar-refractivity contribution in [1.82, 2.24) is 10.6 Å². The summed E-state index contributed by atoms with van der Waals surface area (Å²) in [4.78, 5) is 22.7. The van der Waals surface area contributed by atoms with E-state index < -0.39 is 0 Å². The second-order valence-corrected chi connectivity index (χ2v) is 4.46. The third kappa shape index (κ3) is 4.47. The number of ketones is 1. The Morgan fingerprint density at radius 3 is 2.39 bits per heavy atom. The van der Waals surface area contributed by atoms with E-state index in [1.165, 1.54) is 0 Å². The Kier molecular flexibility index (Phi) is 5.82. The van der Waals surface area contributed by atoms with Crippen molar-refractivity contribution in [2.75, 3.05) is 20.1 Å². The Hall–Kier alpha value is -1.39. The first-order chi connectivity index (χ1) is 8.54. The molecule has 0 unspecified atom stereocenters. The molecule has 0 saturated carbocycles. The Balaban J connectivity index is 2.63. The third-order valence-corrected chi connectivity index (χ3v) is 2.93. The minimum absolute atomic E-state index is 0.0572. The molecule has 0 aromatic heterocycles. The predicted octanol–water partition coefficient (Wildman–Crippen LogP) is 1.35. The maximum Gasteiger partial charge on any atom is 0.233 e. The topological polar surface area (TPSA) is 58.2 Å². The van der Waals surface area contributed by atoms with Crippen LogP contribution in [0.3, 0.4) is 0 Å². The Morgan fingerprint density at radius 1 is 1.28 bits per heavy atom. The van der Waals surface area contributed by atoms with Crippen molar-refractivity contribution in [3.05, 3.63) is 34.9 Å². The third-order valence-electron chi connectivity index (χ3n) is 2.68. The second-order valence-electron chi connectivity index (χ2n) is 4.02. The molecule has 1 atom stereocenters. The zero-order chi connectivity index (χ0) is 13.5. The van der Waals surface area contributed by atoms with Gasteiger partial charge in [0.05, 0.1) is 12.5 Å². The molecular formula is C13H17ClN2O2. The molecule has 2 N–H and O–H groups in total. The van der Waals surface area contributed by atoms with Crippen LogP contribution in [0.2, 0.25) is 5.02 Å². The quantitative estimate of drug-likeness (QED) is 0.819. The maximum absolute atomic E-state index is 11.6. The molecule has 0 spiro atoms. The predicted molar refractivity (Wildman–Crippen MR) is 71.8 cm³/mol. The first-order valence-corrected chi connectivity index (χ1v) is 6.09. The van der Waals surface area contributed by atoms with Crippen molar-refractivity contribution in [2.45, 2.75) is 12.8 Å². The van der Waals surface area contributed by atoms with Gasteiger partial charge in [0.25, 0.3) is 0 Å². The largest absolute Gasteiger partial charge is 0.358 e. The van der Waals surface area contributed by atoms with E-state index in [1.54, 1.807) is 26.1 Å². The summed E-state index contributed by atoms with van der Waals surface area (Å²) in [6.45, 7) is 2.18. The summed E-state index contributed by atoms with van der Waals surface area (Å²) in [7, 11) is 1.58. The number of likely N-dealkylation sites (N-methyl/N-ethyl adjacent to an activating group) is 1. The molecular weight excluding hydrogens is 252 g/mol. The summed E-state index contributed by atoms with van der Waals surface area (Å²) in [5.74, 6) is -0.304. The molecule has 0 saturated heterocycles. The average Bonchev–Trinajstić information content (AvgIpc) is 2.35. The summed E-state index contributed by atoms with van der Waals surface area (Å²) in [5.41, 5.74) is 0.899. The molecule has 5 heteroatoms. The normalized spacial score (nSPS) is 11.9. The van der Waals surface area contributed by atoms with Crippen molar-refractivity contribution in [1.29, 1.82) is 0 Å². The molecule has 0 aliphatic rings. The minimum atomic E-state index is -0.257. The standard InChI is InChI=1S/C13H17ClN2O2/c1-9(17)12(7-16-8-13(18)15-2)10-3-5-11(14)6-4-10/h3-6,12,16H,7-8H2,1-2H3,(H,15,18)/t12-/m0/s1. The molecule has 0 heterocycles. The van der Waals surface area contributed by atoms with E-state index in [0.717, 1.165) is 5.56 Å². The van der Waals surface area contributed by atoms with Gasteiger partial charge in [0, 0.05) is 18.6 Å². The summed E-state index contributed by atoms with van der Waals surface area (Å²) in [6.07, 6.45) is 0. The zero-order valence-corrected chi connectivity index (χ0v) is 11.3. The lowest BCUT2D eigenvalue weighted by Crippen LogP contribution is -2.35. The monoisotopic (exact) mass is 268 g/mol. The van der Waals surface area contributed by atoms with Crippen molar-refractivity contribution in [3.8, 4) is 0 Å². The van der Waals surface area contributed by atoms with Crippen LogP contribution in [-0.4, -0.2) is 31.8 Å². The number of benzene rings is 1. The lowest BCUT2D eigenvalue weighted by Gasteiger charge is -2.15. The van der Waals surface area contributed by atoms with Gasteiger partial charge in [0.1, 0.15) is 5.78 Å². The fourth-order valence-corrected chi connectivity index (χ4v) is 1.74. The van der Waals surface area contributed by atoms with E-state index in [1.807, 2.05) is 12.1 Å². The van der Waals surface area contributed by atoms with E-state index in [2.05, 4.69) is 10.6 Å². The highest BCUT2D eigenvalue weighted by Gasteiger charge is 2.16. The number of hydrogen-bond donors (Lipinski definition) is 2. The van der Waals surface area contributed by atoms with E-state index in [0.29, 0.717) is 11.6 Å². The molecule has 1 aromatic carbocycles.